The standard InChI is InChI=1S/C16H15N3O3S/c1-10-7-14(18-22-10)17-15(20)16(21)19(2)8-11-9-23-13-6-4-3-5-12(11)13/h3-7,9H,8H2,1-2H3,(H,17,18,20). The molecule has 0 radical (unpaired) electrons. The van der Waals surface area contributed by atoms with Crippen LogP contribution < -0.4 is 5.32 Å². The maximum atomic E-state index is 12.2. The lowest BCUT2D eigenvalue weighted by atomic mass is 10.1. The smallest absolute Gasteiger partial charge is 0.315 e. The summed E-state index contributed by atoms with van der Waals surface area (Å²) in [6.07, 6.45) is 0. The van der Waals surface area contributed by atoms with Crippen molar-refractivity contribution in [2.45, 2.75) is 13.5 Å². The van der Waals surface area contributed by atoms with Crippen molar-refractivity contribution >= 4 is 39.1 Å². The Hall–Kier alpha value is -2.67. The quantitative estimate of drug-likeness (QED) is 0.750. The molecule has 2 amide bonds. The number of amides is 2. The molecule has 0 fully saturated rings. The van der Waals surface area contributed by atoms with Crippen molar-refractivity contribution in [2.24, 2.45) is 0 Å². The van der Waals surface area contributed by atoms with Crippen LogP contribution in [-0.2, 0) is 16.1 Å². The van der Waals surface area contributed by atoms with Gasteiger partial charge in [0, 0.05) is 24.4 Å². The molecule has 0 atom stereocenters. The van der Waals surface area contributed by atoms with Gasteiger partial charge in [0.15, 0.2) is 5.82 Å². The summed E-state index contributed by atoms with van der Waals surface area (Å²) in [6, 6.07) is 9.53. The number of hydrogen-bond acceptors (Lipinski definition) is 5. The molecule has 7 heteroatoms. The van der Waals surface area contributed by atoms with Crippen LogP contribution in [0.15, 0.2) is 40.2 Å². The van der Waals surface area contributed by atoms with Crippen LogP contribution in [0, 0.1) is 6.92 Å². The zero-order valence-electron chi connectivity index (χ0n) is 12.7. The van der Waals surface area contributed by atoms with E-state index < -0.39 is 11.8 Å². The van der Waals surface area contributed by atoms with Gasteiger partial charge in [-0.25, -0.2) is 0 Å². The van der Waals surface area contributed by atoms with Gasteiger partial charge in [0.1, 0.15) is 5.76 Å². The Kier molecular flexibility index (Phi) is 4.12. The lowest BCUT2D eigenvalue weighted by molar-refractivity contribution is -0.142. The number of hydrogen-bond donors (Lipinski definition) is 1. The first-order valence-electron chi connectivity index (χ1n) is 6.99. The Morgan fingerprint density at radius 2 is 2.13 bits per heavy atom. The van der Waals surface area contributed by atoms with E-state index in [4.69, 9.17) is 4.52 Å². The minimum atomic E-state index is -0.736. The van der Waals surface area contributed by atoms with E-state index in [0.717, 1.165) is 15.6 Å². The van der Waals surface area contributed by atoms with E-state index in [9.17, 15) is 9.59 Å². The monoisotopic (exact) mass is 329 g/mol. The fourth-order valence-electron chi connectivity index (χ4n) is 2.25. The minimum absolute atomic E-state index is 0.232. The van der Waals surface area contributed by atoms with E-state index in [1.54, 1.807) is 31.4 Å². The van der Waals surface area contributed by atoms with E-state index in [2.05, 4.69) is 10.5 Å². The lowest BCUT2D eigenvalue weighted by Gasteiger charge is -2.15. The third-order valence-corrected chi connectivity index (χ3v) is 4.39. The summed E-state index contributed by atoms with van der Waals surface area (Å²) < 4.78 is 6.01. The van der Waals surface area contributed by atoms with Gasteiger partial charge in [0.25, 0.3) is 0 Å². The van der Waals surface area contributed by atoms with Crippen molar-refractivity contribution in [2.75, 3.05) is 12.4 Å². The van der Waals surface area contributed by atoms with Crippen molar-refractivity contribution in [3.05, 3.63) is 47.0 Å². The highest BCUT2D eigenvalue weighted by Gasteiger charge is 2.21. The SMILES string of the molecule is Cc1cc(NC(=O)C(=O)N(C)Cc2csc3ccccc23)no1. The van der Waals surface area contributed by atoms with Gasteiger partial charge in [-0.15, -0.1) is 11.3 Å². The molecule has 0 aliphatic rings. The molecule has 2 aromatic heterocycles. The van der Waals surface area contributed by atoms with Crippen LogP contribution in [0.3, 0.4) is 0 Å². The number of rotatable bonds is 3. The molecule has 2 heterocycles. The fourth-order valence-corrected chi connectivity index (χ4v) is 3.20. The third kappa shape index (κ3) is 3.24. The van der Waals surface area contributed by atoms with Gasteiger partial charge in [-0.05, 0) is 29.3 Å². The molecule has 0 unspecified atom stereocenters. The second kappa shape index (κ2) is 6.21. The number of carbonyl (C=O) groups excluding carboxylic acids is 2. The highest BCUT2D eigenvalue weighted by molar-refractivity contribution is 7.17. The first-order valence-corrected chi connectivity index (χ1v) is 7.87. The van der Waals surface area contributed by atoms with Crippen LogP contribution in [0.25, 0.3) is 10.1 Å². The zero-order valence-corrected chi connectivity index (χ0v) is 13.5. The van der Waals surface area contributed by atoms with Crippen LogP contribution in [0.1, 0.15) is 11.3 Å². The highest BCUT2D eigenvalue weighted by atomic mass is 32.1. The van der Waals surface area contributed by atoms with Crippen LogP contribution in [0.4, 0.5) is 5.82 Å². The summed E-state index contributed by atoms with van der Waals surface area (Å²) in [7, 11) is 1.60. The molecule has 6 nitrogen and oxygen atoms in total. The number of thiophene rings is 1. The minimum Gasteiger partial charge on any atom is -0.360 e. The van der Waals surface area contributed by atoms with Crippen molar-refractivity contribution in [3.8, 4) is 0 Å². The van der Waals surface area contributed by atoms with Crippen LogP contribution in [0.5, 0.6) is 0 Å². The Bertz CT molecular complexity index is 868. The summed E-state index contributed by atoms with van der Waals surface area (Å²) in [4.78, 5) is 25.5. The molecule has 0 saturated carbocycles. The number of nitrogens with one attached hydrogen (secondary N) is 1. The molecule has 3 rings (SSSR count). The number of likely N-dealkylation sites (N-methyl/N-ethyl adjacent to an activating group) is 1. The molecule has 3 aromatic rings. The highest BCUT2D eigenvalue weighted by Crippen LogP contribution is 2.26. The Morgan fingerprint density at radius 1 is 1.35 bits per heavy atom. The molecule has 118 valence electrons. The molecule has 0 spiro atoms. The van der Waals surface area contributed by atoms with Gasteiger partial charge in [0.05, 0.1) is 0 Å². The first kappa shape index (κ1) is 15.2. The Morgan fingerprint density at radius 3 is 2.87 bits per heavy atom. The summed E-state index contributed by atoms with van der Waals surface area (Å²) in [5.41, 5.74) is 1.02. The summed E-state index contributed by atoms with van der Waals surface area (Å²) in [5.74, 6) is -0.567. The van der Waals surface area contributed by atoms with Gasteiger partial charge < -0.3 is 9.42 Å². The van der Waals surface area contributed by atoms with Gasteiger partial charge in [-0.2, -0.15) is 0 Å². The largest absolute Gasteiger partial charge is 0.360 e. The van der Waals surface area contributed by atoms with Crippen LogP contribution in [-0.4, -0.2) is 28.9 Å². The van der Waals surface area contributed by atoms with Gasteiger partial charge in [-0.3, -0.25) is 14.9 Å². The number of fused-ring (bicyclic) bond motifs is 1. The topological polar surface area (TPSA) is 75.4 Å². The maximum absolute atomic E-state index is 12.2. The van der Waals surface area contributed by atoms with Crippen LogP contribution in [0.2, 0.25) is 0 Å². The summed E-state index contributed by atoms with van der Waals surface area (Å²) in [6.45, 7) is 2.08. The molecule has 0 saturated heterocycles. The maximum Gasteiger partial charge on any atom is 0.315 e. The van der Waals surface area contributed by atoms with E-state index in [0.29, 0.717) is 12.3 Å². The number of aromatic nitrogens is 1. The van der Waals surface area contributed by atoms with E-state index in [1.807, 2.05) is 29.6 Å². The van der Waals surface area contributed by atoms with Crippen molar-refractivity contribution in [1.29, 1.82) is 0 Å². The van der Waals surface area contributed by atoms with E-state index in [1.165, 1.54) is 4.90 Å². The molecule has 0 aliphatic carbocycles. The average molecular weight is 329 g/mol. The first-order chi connectivity index (χ1) is 11.0. The number of carbonyl (C=O) groups is 2. The molecular weight excluding hydrogens is 314 g/mol. The Balaban J connectivity index is 1.68. The molecule has 1 N–H and O–H groups in total. The number of anilines is 1. The van der Waals surface area contributed by atoms with Gasteiger partial charge in [0.2, 0.25) is 0 Å². The molecule has 23 heavy (non-hydrogen) atoms. The van der Waals surface area contributed by atoms with Crippen molar-refractivity contribution in [1.82, 2.24) is 10.1 Å². The van der Waals surface area contributed by atoms with Crippen molar-refractivity contribution < 1.29 is 14.1 Å². The second-order valence-corrected chi connectivity index (χ2v) is 6.11. The lowest BCUT2D eigenvalue weighted by Crippen LogP contribution is -2.36. The van der Waals surface area contributed by atoms with Crippen molar-refractivity contribution in [3.63, 3.8) is 0 Å². The third-order valence-electron chi connectivity index (χ3n) is 3.38. The van der Waals surface area contributed by atoms with E-state index in [-0.39, 0.29) is 5.82 Å². The summed E-state index contributed by atoms with van der Waals surface area (Å²) in [5, 5.41) is 9.17. The van der Waals surface area contributed by atoms with Gasteiger partial charge in [-0.1, -0.05) is 23.4 Å². The summed E-state index contributed by atoms with van der Waals surface area (Å²) >= 11 is 1.62. The zero-order chi connectivity index (χ0) is 16.4. The molecule has 0 aliphatic heterocycles. The molecular formula is C16H15N3O3S. The second-order valence-electron chi connectivity index (χ2n) is 5.20. The predicted molar refractivity (Wildman–Crippen MR) is 88.2 cm³/mol. The molecule has 1 aromatic carbocycles. The van der Waals surface area contributed by atoms with Gasteiger partial charge >= 0.3 is 11.8 Å². The number of nitrogens with zero attached hydrogens (tertiary/aromatic N) is 2. The van der Waals surface area contributed by atoms with Crippen LogP contribution >= 0.6 is 11.3 Å². The normalized spacial score (nSPS) is 10.7. The average Bonchev–Trinajstić information content (AvgIpc) is 3.13. The fraction of sp³-hybridized carbons (Fsp3) is 0.188. The molecule has 0 bridgehead atoms. The predicted octanol–water partition coefficient (Wildman–Crippen LogP) is 2.79. The number of aryl methyl sites for hydroxylation is 1. The van der Waals surface area contributed by atoms with E-state index >= 15 is 0 Å². The number of benzene rings is 1. The Labute approximate surface area is 136 Å².